The van der Waals surface area contributed by atoms with Crippen LogP contribution in [0.3, 0.4) is 0 Å². The average Bonchev–Trinajstić information content (AvgIpc) is 2.57. The summed E-state index contributed by atoms with van der Waals surface area (Å²) in [6.07, 6.45) is 11.8. The van der Waals surface area contributed by atoms with E-state index in [0.717, 1.165) is 23.5 Å². The highest BCUT2D eigenvalue weighted by Crippen LogP contribution is 2.53. The Morgan fingerprint density at radius 1 is 1.19 bits per heavy atom. The lowest BCUT2D eigenvalue weighted by atomic mass is 9.70. The molecule has 0 bridgehead atoms. The number of fused-ring (bicyclic) bond motifs is 1. The average molecular weight is 240 g/mol. The lowest BCUT2D eigenvalue weighted by Gasteiger charge is -2.35. The third-order valence-corrected chi connectivity index (χ3v) is 5.99. The Bertz CT molecular complexity index is 225. The SMILES string of the molecule is CCC1CCCC2(C)CC(CS)CC2CC1. The molecule has 2 saturated carbocycles. The van der Waals surface area contributed by atoms with Crippen LogP contribution in [0.4, 0.5) is 0 Å². The van der Waals surface area contributed by atoms with Crippen molar-refractivity contribution in [1.29, 1.82) is 0 Å². The van der Waals surface area contributed by atoms with Crippen molar-refractivity contribution < 1.29 is 0 Å². The van der Waals surface area contributed by atoms with Gasteiger partial charge in [0.2, 0.25) is 0 Å². The zero-order chi connectivity index (χ0) is 11.6. The first-order chi connectivity index (χ1) is 7.68. The van der Waals surface area contributed by atoms with Gasteiger partial charge >= 0.3 is 0 Å². The maximum Gasteiger partial charge on any atom is -0.00692 e. The second-order valence-electron chi connectivity index (χ2n) is 6.58. The highest BCUT2D eigenvalue weighted by Gasteiger charge is 2.43. The first-order valence-corrected chi connectivity index (χ1v) is 7.92. The lowest BCUT2D eigenvalue weighted by Crippen LogP contribution is -2.24. The van der Waals surface area contributed by atoms with Crippen molar-refractivity contribution in [3.63, 3.8) is 0 Å². The molecule has 0 aromatic heterocycles. The molecule has 0 saturated heterocycles. The molecule has 0 aromatic rings. The summed E-state index contributed by atoms with van der Waals surface area (Å²) >= 11 is 4.52. The van der Waals surface area contributed by atoms with E-state index in [0.29, 0.717) is 5.41 Å². The molecule has 0 radical (unpaired) electrons. The van der Waals surface area contributed by atoms with E-state index in [1.54, 1.807) is 0 Å². The molecule has 0 aromatic carbocycles. The molecule has 4 unspecified atom stereocenters. The third kappa shape index (κ3) is 2.60. The molecule has 1 heteroatoms. The zero-order valence-corrected chi connectivity index (χ0v) is 11.9. The molecule has 0 heterocycles. The van der Waals surface area contributed by atoms with E-state index in [9.17, 15) is 0 Å². The normalized spacial score (nSPS) is 44.8. The quantitative estimate of drug-likeness (QED) is 0.649. The van der Waals surface area contributed by atoms with Crippen molar-refractivity contribution in [3.8, 4) is 0 Å². The van der Waals surface area contributed by atoms with Crippen molar-refractivity contribution in [1.82, 2.24) is 0 Å². The molecule has 94 valence electrons. The van der Waals surface area contributed by atoms with Crippen LogP contribution in [-0.2, 0) is 0 Å². The van der Waals surface area contributed by atoms with Gasteiger partial charge in [-0.15, -0.1) is 0 Å². The summed E-state index contributed by atoms with van der Waals surface area (Å²) in [5.41, 5.74) is 0.673. The van der Waals surface area contributed by atoms with Gasteiger partial charge in [0.1, 0.15) is 0 Å². The number of hydrogen-bond donors (Lipinski definition) is 1. The Labute approximate surface area is 107 Å². The molecule has 0 spiro atoms. The minimum Gasteiger partial charge on any atom is -0.179 e. The Hall–Kier alpha value is 0.350. The Kier molecular flexibility index (Phi) is 4.26. The molecule has 4 atom stereocenters. The molecule has 0 N–H and O–H groups in total. The summed E-state index contributed by atoms with van der Waals surface area (Å²) in [6.45, 7) is 4.93. The summed E-state index contributed by atoms with van der Waals surface area (Å²) < 4.78 is 0. The van der Waals surface area contributed by atoms with Gasteiger partial charge in [-0.25, -0.2) is 0 Å². The topological polar surface area (TPSA) is 0 Å². The minimum atomic E-state index is 0.673. The molecule has 0 amide bonds. The molecular weight excluding hydrogens is 212 g/mol. The van der Waals surface area contributed by atoms with Gasteiger partial charge in [-0.05, 0) is 54.6 Å². The van der Waals surface area contributed by atoms with Crippen molar-refractivity contribution in [2.45, 2.75) is 65.2 Å². The summed E-state index contributed by atoms with van der Waals surface area (Å²) in [5, 5.41) is 0. The van der Waals surface area contributed by atoms with Crippen LogP contribution in [0, 0.1) is 23.2 Å². The van der Waals surface area contributed by atoms with Gasteiger partial charge in [0.25, 0.3) is 0 Å². The fraction of sp³-hybridized carbons (Fsp3) is 1.00. The fourth-order valence-electron chi connectivity index (χ4n) is 4.29. The van der Waals surface area contributed by atoms with Crippen LogP contribution in [0.5, 0.6) is 0 Å². The maximum atomic E-state index is 4.52. The number of thiol groups is 1. The Morgan fingerprint density at radius 2 is 2.00 bits per heavy atom. The second kappa shape index (κ2) is 5.33. The molecule has 2 rings (SSSR count). The van der Waals surface area contributed by atoms with Crippen molar-refractivity contribution >= 4 is 12.6 Å². The first kappa shape index (κ1) is 12.8. The fourth-order valence-corrected chi connectivity index (χ4v) is 4.57. The standard InChI is InChI=1S/C15H28S/c1-3-12-5-4-8-15(2)10-13(11-16)9-14(15)7-6-12/h12-14,16H,3-11H2,1-2H3. The second-order valence-corrected chi connectivity index (χ2v) is 6.95. The third-order valence-electron chi connectivity index (χ3n) is 5.48. The maximum absolute atomic E-state index is 4.52. The largest absolute Gasteiger partial charge is 0.179 e. The van der Waals surface area contributed by atoms with E-state index in [4.69, 9.17) is 0 Å². The van der Waals surface area contributed by atoms with Crippen LogP contribution in [-0.4, -0.2) is 5.75 Å². The Morgan fingerprint density at radius 3 is 2.69 bits per heavy atom. The van der Waals surface area contributed by atoms with E-state index in [2.05, 4.69) is 26.5 Å². The van der Waals surface area contributed by atoms with Crippen LogP contribution < -0.4 is 0 Å². The molecule has 2 aliphatic carbocycles. The first-order valence-electron chi connectivity index (χ1n) is 7.29. The van der Waals surface area contributed by atoms with E-state index in [1.165, 1.54) is 51.4 Å². The predicted molar refractivity (Wildman–Crippen MR) is 75.0 cm³/mol. The van der Waals surface area contributed by atoms with Crippen LogP contribution in [0.15, 0.2) is 0 Å². The highest BCUT2D eigenvalue weighted by molar-refractivity contribution is 7.80. The van der Waals surface area contributed by atoms with Crippen LogP contribution >= 0.6 is 12.6 Å². The van der Waals surface area contributed by atoms with Crippen LogP contribution in [0.1, 0.15) is 65.2 Å². The van der Waals surface area contributed by atoms with Gasteiger partial charge in [-0.3, -0.25) is 0 Å². The number of hydrogen-bond acceptors (Lipinski definition) is 1. The van der Waals surface area contributed by atoms with E-state index < -0.39 is 0 Å². The van der Waals surface area contributed by atoms with E-state index >= 15 is 0 Å². The van der Waals surface area contributed by atoms with Crippen molar-refractivity contribution in [2.75, 3.05) is 5.75 Å². The van der Waals surface area contributed by atoms with E-state index in [-0.39, 0.29) is 0 Å². The van der Waals surface area contributed by atoms with Gasteiger partial charge in [0.05, 0.1) is 0 Å². The van der Waals surface area contributed by atoms with Crippen LogP contribution in [0.2, 0.25) is 0 Å². The highest BCUT2D eigenvalue weighted by atomic mass is 32.1. The Balaban J connectivity index is 2.00. The molecular formula is C15H28S. The van der Waals surface area contributed by atoms with Gasteiger partial charge in [-0.2, -0.15) is 12.6 Å². The van der Waals surface area contributed by atoms with E-state index in [1.807, 2.05) is 0 Å². The van der Waals surface area contributed by atoms with Gasteiger partial charge in [-0.1, -0.05) is 39.5 Å². The molecule has 0 aliphatic heterocycles. The van der Waals surface area contributed by atoms with Gasteiger partial charge in [0.15, 0.2) is 0 Å². The summed E-state index contributed by atoms with van der Waals surface area (Å²) in [5.74, 6) is 4.07. The zero-order valence-electron chi connectivity index (χ0n) is 11.0. The summed E-state index contributed by atoms with van der Waals surface area (Å²) in [6, 6.07) is 0. The van der Waals surface area contributed by atoms with Crippen molar-refractivity contribution in [2.24, 2.45) is 23.2 Å². The number of rotatable bonds is 2. The molecule has 2 fully saturated rings. The summed E-state index contributed by atoms with van der Waals surface area (Å²) in [7, 11) is 0. The summed E-state index contributed by atoms with van der Waals surface area (Å²) in [4.78, 5) is 0. The molecule has 16 heavy (non-hydrogen) atoms. The smallest absolute Gasteiger partial charge is 0.00692 e. The van der Waals surface area contributed by atoms with Gasteiger partial charge in [0, 0.05) is 0 Å². The van der Waals surface area contributed by atoms with Crippen LogP contribution in [0.25, 0.3) is 0 Å². The van der Waals surface area contributed by atoms with Gasteiger partial charge < -0.3 is 0 Å². The van der Waals surface area contributed by atoms with Crippen molar-refractivity contribution in [3.05, 3.63) is 0 Å². The molecule has 0 nitrogen and oxygen atoms in total. The minimum absolute atomic E-state index is 0.673. The molecule has 2 aliphatic rings. The monoisotopic (exact) mass is 240 g/mol. The lowest BCUT2D eigenvalue weighted by molar-refractivity contribution is 0.155. The predicted octanol–water partition coefficient (Wildman–Crippen LogP) is 4.94.